The highest BCUT2D eigenvalue weighted by Gasteiger charge is 2.26. The molecule has 0 saturated carbocycles. The molecule has 2 N–H and O–H groups in total. The quantitative estimate of drug-likeness (QED) is 0.849. The largest absolute Gasteiger partial charge is 0.508 e. The van der Waals surface area contributed by atoms with Gasteiger partial charge in [0, 0.05) is 45.4 Å². The van der Waals surface area contributed by atoms with E-state index in [9.17, 15) is 10.2 Å². The Morgan fingerprint density at radius 3 is 2.48 bits per heavy atom. The summed E-state index contributed by atoms with van der Waals surface area (Å²) in [7, 11) is 0. The van der Waals surface area contributed by atoms with Crippen LogP contribution >= 0.6 is 0 Å². The Labute approximate surface area is 150 Å². The number of benzene rings is 2. The first-order chi connectivity index (χ1) is 12.2. The maximum absolute atomic E-state index is 9.49. The Kier molecular flexibility index (Phi) is 6.08. The Bertz CT molecular complexity index is 672. The summed E-state index contributed by atoms with van der Waals surface area (Å²) in [4.78, 5) is 4.95. The number of phenolic OH excluding ortho intramolecular Hbond substituents is 1. The lowest BCUT2D eigenvalue weighted by molar-refractivity contribution is 0.0498. The molecule has 2 aromatic rings. The van der Waals surface area contributed by atoms with Crippen molar-refractivity contribution in [1.29, 1.82) is 0 Å². The number of rotatable bonds is 6. The van der Waals surface area contributed by atoms with Crippen molar-refractivity contribution in [3.05, 3.63) is 65.2 Å². The smallest absolute Gasteiger partial charge is 0.115 e. The maximum Gasteiger partial charge on any atom is 0.115 e. The van der Waals surface area contributed by atoms with Crippen LogP contribution in [0.5, 0.6) is 5.75 Å². The summed E-state index contributed by atoms with van der Waals surface area (Å²) in [5.74, 6) is 0.310. The van der Waals surface area contributed by atoms with Gasteiger partial charge in [-0.05, 0) is 42.2 Å². The highest BCUT2D eigenvalue weighted by molar-refractivity contribution is 5.26. The number of hydrogen-bond acceptors (Lipinski definition) is 4. The van der Waals surface area contributed by atoms with Crippen molar-refractivity contribution >= 4 is 0 Å². The number of piperazine rings is 1. The Morgan fingerprint density at radius 1 is 1.00 bits per heavy atom. The maximum atomic E-state index is 9.49. The van der Waals surface area contributed by atoms with Gasteiger partial charge in [-0.1, -0.05) is 36.4 Å². The van der Waals surface area contributed by atoms with E-state index in [2.05, 4.69) is 41.0 Å². The third-order valence-corrected chi connectivity index (χ3v) is 5.13. The van der Waals surface area contributed by atoms with Crippen molar-refractivity contribution in [2.45, 2.75) is 32.5 Å². The molecule has 2 aromatic carbocycles. The molecule has 1 atom stereocenters. The first-order valence-electron chi connectivity index (χ1n) is 9.05. The van der Waals surface area contributed by atoms with Crippen LogP contribution in [0.15, 0.2) is 48.5 Å². The summed E-state index contributed by atoms with van der Waals surface area (Å²) in [6, 6.07) is 16.4. The summed E-state index contributed by atoms with van der Waals surface area (Å²) in [6.45, 7) is 7.23. The predicted octanol–water partition coefficient (Wildman–Crippen LogP) is 2.77. The lowest BCUT2D eigenvalue weighted by atomic mass is 10.0. The molecule has 134 valence electrons. The average Bonchev–Trinajstić information content (AvgIpc) is 2.61. The minimum absolute atomic E-state index is 0.224. The van der Waals surface area contributed by atoms with E-state index in [-0.39, 0.29) is 6.61 Å². The van der Waals surface area contributed by atoms with Gasteiger partial charge in [0.15, 0.2) is 0 Å². The van der Waals surface area contributed by atoms with E-state index in [0.717, 1.165) is 39.1 Å². The summed E-state index contributed by atoms with van der Waals surface area (Å²) >= 11 is 0. The number of aliphatic hydroxyl groups excluding tert-OH is 1. The molecule has 4 heteroatoms. The normalized spacial score (nSPS) is 19.2. The van der Waals surface area contributed by atoms with Crippen LogP contribution in [-0.4, -0.2) is 52.3 Å². The molecule has 1 aliphatic heterocycles. The zero-order valence-corrected chi connectivity index (χ0v) is 14.9. The minimum Gasteiger partial charge on any atom is -0.508 e. The predicted molar refractivity (Wildman–Crippen MR) is 100 cm³/mol. The van der Waals surface area contributed by atoms with Gasteiger partial charge in [0.1, 0.15) is 5.75 Å². The number of aryl methyl sites for hydroxylation is 1. The van der Waals surface area contributed by atoms with Crippen LogP contribution in [0.4, 0.5) is 0 Å². The number of aromatic hydroxyl groups is 1. The van der Waals surface area contributed by atoms with E-state index in [1.165, 1.54) is 16.7 Å². The van der Waals surface area contributed by atoms with Gasteiger partial charge in [0.25, 0.3) is 0 Å². The topological polar surface area (TPSA) is 46.9 Å². The van der Waals surface area contributed by atoms with Gasteiger partial charge in [-0.3, -0.25) is 9.80 Å². The van der Waals surface area contributed by atoms with Crippen molar-refractivity contribution in [3.8, 4) is 5.75 Å². The molecule has 0 amide bonds. The fraction of sp³-hybridized carbons (Fsp3) is 0.429. The summed E-state index contributed by atoms with van der Waals surface area (Å²) in [5, 5.41) is 18.9. The van der Waals surface area contributed by atoms with Crippen LogP contribution in [0.2, 0.25) is 0 Å². The third-order valence-electron chi connectivity index (χ3n) is 5.13. The van der Waals surface area contributed by atoms with Crippen LogP contribution in [-0.2, 0) is 13.1 Å². The number of aliphatic hydroxyl groups is 1. The van der Waals surface area contributed by atoms with Crippen LogP contribution in [0.1, 0.15) is 23.1 Å². The van der Waals surface area contributed by atoms with Gasteiger partial charge < -0.3 is 10.2 Å². The molecule has 0 bridgehead atoms. The Balaban J connectivity index is 1.63. The van der Waals surface area contributed by atoms with E-state index in [0.29, 0.717) is 11.8 Å². The van der Waals surface area contributed by atoms with E-state index < -0.39 is 0 Å². The van der Waals surface area contributed by atoms with E-state index >= 15 is 0 Å². The Hall–Kier alpha value is -1.88. The molecule has 0 aromatic heterocycles. The van der Waals surface area contributed by atoms with Crippen LogP contribution < -0.4 is 0 Å². The van der Waals surface area contributed by atoms with Crippen molar-refractivity contribution in [3.63, 3.8) is 0 Å². The van der Waals surface area contributed by atoms with E-state index in [1.807, 2.05) is 12.1 Å². The number of phenols is 1. The van der Waals surface area contributed by atoms with Gasteiger partial charge in [-0.15, -0.1) is 0 Å². The lowest BCUT2D eigenvalue weighted by Gasteiger charge is -2.41. The summed E-state index contributed by atoms with van der Waals surface area (Å²) < 4.78 is 0. The van der Waals surface area contributed by atoms with Crippen LogP contribution in [0.3, 0.4) is 0 Å². The van der Waals surface area contributed by atoms with Crippen LogP contribution in [0.25, 0.3) is 0 Å². The second kappa shape index (κ2) is 8.48. The Morgan fingerprint density at radius 2 is 1.76 bits per heavy atom. The molecule has 25 heavy (non-hydrogen) atoms. The third kappa shape index (κ3) is 4.82. The molecule has 1 fully saturated rings. The zero-order valence-electron chi connectivity index (χ0n) is 14.9. The van der Waals surface area contributed by atoms with E-state index in [4.69, 9.17) is 0 Å². The van der Waals surface area contributed by atoms with Gasteiger partial charge in [0.2, 0.25) is 0 Å². The molecule has 1 aliphatic rings. The average molecular weight is 340 g/mol. The SMILES string of the molecule is Cc1ccccc1CN1CCN(Cc2ccc(O)cc2)CC1CCO. The summed E-state index contributed by atoms with van der Waals surface area (Å²) in [6.07, 6.45) is 0.804. The number of nitrogens with zero attached hydrogens (tertiary/aromatic N) is 2. The second-order valence-electron chi connectivity index (χ2n) is 6.96. The highest BCUT2D eigenvalue weighted by Crippen LogP contribution is 2.20. The molecule has 0 radical (unpaired) electrons. The van der Waals surface area contributed by atoms with Crippen molar-refractivity contribution in [2.24, 2.45) is 0 Å². The molecule has 1 heterocycles. The second-order valence-corrected chi connectivity index (χ2v) is 6.96. The molecular weight excluding hydrogens is 312 g/mol. The van der Waals surface area contributed by atoms with Crippen LogP contribution in [0, 0.1) is 6.92 Å². The van der Waals surface area contributed by atoms with Crippen molar-refractivity contribution in [2.75, 3.05) is 26.2 Å². The van der Waals surface area contributed by atoms with Gasteiger partial charge in [0.05, 0.1) is 0 Å². The zero-order chi connectivity index (χ0) is 17.6. The molecule has 0 aliphatic carbocycles. The molecule has 1 unspecified atom stereocenters. The highest BCUT2D eigenvalue weighted by atomic mass is 16.3. The fourth-order valence-electron chi connectivity index (χ4n) is 3.60. The first kappa shape index (κ1) is 17.9. The van der Waals surface area contributed by atoms with E-state index in [1.54, 1.807) is 12.1 Å². The van der Waals surface area contributed by atoms with Gasteiger partial charge in [-0.25, -0.2) is 0 Å². The van der Waals surface area contributed by atoms with Gasteiger partial charge >= 0.3 is 0 Å². The monoisotopic (exact) mass is 340 g/mol. The van der Waals surface area contributed by atoms with Gasteiger partial charge in [-0.2, -0.15) is 0 Å². The fourth-order valence-corrected chi connectivity index (χ4v) is 3.60. The summed E-state index contributed by atoms with van der Waals surface area (Å²) in [5.41, 5.74) is 3.92. The minimum atomic E-state index is 0.224. The van der Waals surface area contributed by atoms with Crippen molar-refractivity contribution in [1.82, 2.24) is 9.80 Å². The molecule has 4 nitrogen and oxygen atoms in total. The first-order valence-corrected chi connectivity index (χ1v) is 9.05. The molecule has 0 spiro atoms. The molecule has 1 saturated heterocycles. The standard InChI is InChI=1S/C21H28N2O2/c1-17-4-2-3-5-19(17)15-23-12-11-22(16-20(23)10-13-24)14-18-6-8-21(25)9-7-18/h2-9,20,24-25H,10-16H2,1H3. The molecular formula is C21H28N2O2. The lowest BCUT2D eigenvalue weighted by Crippen LogP contribution is -2.52. The number of hydrogen-bond donors (Lipinski definition) is 2. The molecule has 3 rings (SSSR count). The van der Waals surface area contributed by atoms with Crippen molar-refractivity contribution < 1.29 is 10.2 Å².